The molecule has 0 radical (unpaired) electrons. The summed E-state index contributed by atoms with van der Waals surface area (Å²) in [5.74, 6) is 0. The molecule has 0 fully saturated rings. The van der Waals surface area contributed by atoms with Crippen LogP contribution in [0.3, 0.4) is 0 Å². The average molecular weight is 284 g/mol. The van der Waals surface area contributed by atoms with Crippen molar-refractivity contribution in [2.75, 3.05) is 58.5 Å². The lowest BCUT2D eigenvalue weighted by molar-refractivity contribution is 0.136. The van der Waals surface area contributed by atoms with Crippen LogP contribution in [0.1, 0.15) is 5.56 Å². The van der Waals surface area contributed by atoms with E-state index in [9.17, 15) is 0 Å². The number of rotatable bonds is 7. The monoisotopic (exact) mass is 284 g/mol. The van der Waals surface area contributed by atoms with E-state index >= 15 is 0 Å². The lowest BCUT2D eigenvalue weighted by Crippen LogP contribution is -2.32. The van der Waals surface area contributed by atoms with Crippen molar-refractivity contribution >= 4 is 5.69 Å². The third-order valence-corrected chi connectivity index (χ3v) is 2.80. The molecule has 0 saturated carbocycles. The van der Waals surface area contributed by atoms with Crippen LogP contribution in [0.15, 0.2) is 24.3 Å². The number of aryl methyl sites for hydroxylation is 1. The summed E-state index contributed by atoms with van der Waals surface area (Å²) in [5, 5.41) is 25.5. The van der Waals surface area contributed by atoms with Crippen LogP contribution < -0.4 is 4.90 Å². The molecule has 0 atom stereocenters. The van der Waals surface area contributed by atoms with Crippen molar-refractivity contribution < 1.29 is 15.3 Å². The van der Waals surface area contributed by atoms with Crippen molar-refractivity contribution in [3.05, 3.63) is 29.8 Å². The number of hydrogen-bond acceptors (Lipinski definition) is 5. The van der Waals surface area contributed by atoms with Crippen molar-refractivity contribution in [3.63, 3.8) is 0 Å². The number of nitrogens with zero attached hydrogens (tertiary/aromatic N) is 2. The Morgan fingerprint density at radius 1 is 0.800 bits per heavy atom. The molecular weight excluding hydrogens is 256 g/mol. The Hall–Kier alpha value is -1.14. The second-order valence-electron chi connectivity index (χ2n) is 4.74. The maximum absolute atomic E-state index is 8.48. The van der Waals surface area contributed by atoms with Gasteiger partial charge in [0.15, 0.2) is 0 Å². The van der Waals surface area contributed by atoms with Crippen molar-refractivity contribution in [2.45, 2.75) is 6.92 Å². The fourth-order valence-electron chi connectivity index (χ4n) is 1.60. The Labute approximate surface area is 122 Å². The molecule has 0 spiro atoms. The fraction of sp³-hybridized carbons (Fsp3) is 0.600. The summed E-state index contributed by atoms with van der Waals surface area (Å²) in [6.07, 6.45) is 0. The van der Waals surface area contributed by atoms with Gasteiger partial charge < -0.3 is 20.2 Å². The van der Waals surface area contributed by atoms with Gasteiger partial charge in [0.25, 0.3) is 0 Å². The number of hydrogen-bond donors (Lipinski definition) is 3. The van der Waals surface area contributed by atoms with Crippen molar-refractivity contribution in [1.82, 2.24) is 4.90 Å². The smallest absolute Gasteiger partial charge is 0.0558 e. The van der Waals surface area contributed by atoms with Gasteiger partial charge in [-0.05, 0) is 19.1 Å². The van der Waals surface area contributed by atoms with E-state index in [1.807, 2.05) is 14.1 Å². The molecule has 0 bridgehead atoms. The summed E-state index contributed by atoms with van der Waals surface area (Å²) in [6, 6.07) is 8.48. The Morgan fingerprint density at radius 2 is 1.20 bits per heavy atom. The van der Waals surface area contributed by atoms with Crippen molar-refractivity contribution in [1.29, 1.82) is 0 Å². The van der Waals surface area contributed by atoms with E-state index in [1.54, 1.807) is 4.90 Å². The minimum atomic E-state index is 0.0694. The van der Waals surface area contributed by atoms with E-state index in [4.69, 9.17) is 15.3 Å². The molecule has 1 aromatic carbocycles. The van der Waals surface area contributed by atoms with Crippen molar-refractivity contribution in [3.8, 4) is 0 Å². The summed E-state index contributed by atoms with van der Waals surface area (Å²) in [6.45, 7) is 3.85. The van der Waals surface area contributed by atoms with Crippen molar-refractivity contribution in [2.24, 2.45) is 0 Å². The zero-order valence-electron chi connectivity index (χ0n) is 12.8. The van der Waals surface area contributed by atoms with Crippen LogP contribution in [0.4, 0.5) is 5.69 Å². The lowest BCUT2D eigenvalue weighted by atomic mass is 10.2. The lowest BCUT2D eigenvalue weighted by Gasteiger charge is -2.17. The zero-order valence-corrected chi connectivity index (χ0v) is 12.8. The molecule has 0 amide bonds. The van der Waals surface area contributed by atoms with Gasteiger partial charge in [-0.15, -0.1) is 0 Å². The molecule has 0 heterocycles. The highest BCUT2D eigenvalue weighted by molar-refractivity contribution is 5.45. The van der Waals surface area contributed by atoms with Crippen LogP contribution in [0.25, 0.3) is 0 Å². The van der Waals surface area contributed by atoms with Gasteiger partial charge in [-0.3, -0.25) is 4.90 Å². The first kappa shape index (κ1) is 18.9. The summed E-state index contributed by atoms with van der Waals surface area (Å²) in [5.41, 5.74) is 2.57. The summed E-state index contributed by atoms with van der Waals surface area (Å²) in [7, 11) is 4.09. The number of anilines is 1. The third-order valence-electron chi connectivity index (χ3n) is 2.80. The summed E-state index contributed by atoms with van der Waals surface area (Å²) < 4.78 is 0. The first-order chi connectivity index (χ1) is 9.54. The van der Waals surface area contributed by atoms with Gasteiger partial charge in [-0.2, -0.15) is 0 Å². The van der Waals surface area contributed by atoms with E-state index in [2.05, 4.69) is 36.1 Å². The highest BCUT2D eigenvalue weighted by Gasteiger charge is 2.00. The Balaban J connectivity index is 0.000000361. The van der Waals surface area contributed by atoms with Gasteiger partial charge in [0.2, 0.25) is 0 Å². The molecule has 0 unspecified atom stereocenters. The van der Waals surface area contributed by atoms with Crippen LogP contribution in [0.2, 0.25) is 0 Å². The average Bonchev–Trinajstić information content (AvgIpc) is 2.41. The minimum Gasteiger partial charge on any atom is -0.395 e. The molecule has 116 valence electrons. The first-order valence-electron chi connectivity index (χ1n) is 6.84. The number of aliphatic hydroxyl groups excluding tert-OH is 3. The second-order valence-corrected chi connectivity index (χ2v) is 4.74. The summed E-state index contributed by atoms with van der Waals surface area (Å²) in [4.78, 5) is 3.89. The largest absolute Gasteiger partial charge is 0.395 e. The molecule has 3 N–H and O–H groups in total. The molecule has 1 aromatic rings. The fourth-order valence-corrected chi connectivity index (χ4v) is 1.60. The highest BCUT2D eigenvalue weighted by Crippen LogP contribution is 2.10. The molecule has 0 aromatic heterocycles. The number of benzene rings is 1. The maximum atomic E-state index is 8.48. The molecule has 0 saturated heterocycles. The SMILES string of the molecule is Cc1ccc(N(C)C)cc1.OCCN(CCO)CCO. The predicted octanol–water partition coefficient (Wildman–Crippen LogP) is 0.326. The van der Waals surface area contributed by atoms with E-state index in [0.717, 1.165) is 0 Å². The Kier molecular flexibility index (Phi) is 11.0. The predicted molar refractivity (Wildman–Crippen MR) is 83.2 cm³/mol. The second kappa shape index (κ2) is 11.7. The standard InChI is InChI=1S/C9H13N.C6H15NO3/c1-8-4-6-9(7-5-8)10(2)3;8-4-1-7(2-5-9)3-6-10/h4-7H,1-3H3;8-10H,1-6H2. The quantitative estimate of drug-likeness (QED) is 0.673. The van der Waals surface area contributed by atoms with Crippen LogP contribution in [-0.4, -0.2) is 73.8 Å². The molecule has 0 aliphatic heterocycles. The summed E-state index contributed by atoms with van der Waals surface area (Å²) >= 11 is 0. The van der Waals surface area contributed by atoms with Gasteiger partial charge in [0.05, 0.1) is 19.8 Å². The number of aliphatic hydroxyl groups is 3. The van der Waals surface area contributed by atoms with E-state index in [1.165, 1.54) is 11.3 Å². The molecule has 1 rings (SSSR count). The molecule has 5 nitrogen and oxygen atoms in total. The molecule has 0 aliphatic carbocycles. The van der Waals surface area contributed by atoms with Gasteiger partial charge in [-0.25, -0.2) is 0 Å². The highest BCUT2D eigenvalue weighted by atomic mass is 16.3. The van der Waals surface area contributed by atoms with E-state index < -0.39 is 0 Å². The minimum absolute atomic E-state index is 0.0694. The van der Waals surface area contributed by atoms with E-state index in [-0.39, 0.29) is 19.8 Å². The molecule has 5 heteroatoms. The van der Waals surface area contributed by atoms with Crippen LogP contribution in [0, 0.1) is 6.92 Å². The molecular formula is C15H28N2O3. The topological polar surface area (TPSA) is 67.2 Å². The van der Waals surface area contributed by atoms with Gasteiger partial charge in [-0.1, -0.05) is 17.7 Å². The normalized spacial score (nSPS) is 10.2. The van der Waals surface area contributed by atoms with Gasteiger partial charge in [0.1, 0.15) is 0 Å². The Morgan fingerprint density at radius 3 is 1.50 bits per heavy atom. The van der Waals surface area contributed by atoms with Crippen LogP contribution in [-0.2, 0) is 0 Å². The van der Waals surface area contributed by atoms with Crippen LogP contribution >= 0.6 is 0 Å². The third kappa shape index (κ3) is 8.87. The molecule has 0 aliphatic rings. The van der Waals surface area contributed by atoms with Crippen LogP contribution in [0.5, 0.6) is 0 Å². The zero-order chi connectivity index (χ0) is 15.4. The molecule has 20 heavy (non-hydrogen) atoms. The first-order valence-corrected chi connectivity index (χ1v) is 6.84. The van der Waals surface area contributed by atoms with Gasteiger partial charge in [0, 0.05) is 39.4 Å². The Bertz CT molecular complexity index is 314. The van der Waals surface area contributed by atoms with Gasteiger partial charge >= 0.3 is 0 Å². The van der Waals surface area contributed by atoms with E-state index in [0.29, 0.717) is 19.6 Å². The maximum Gasteiger partial charge on any atom is 0.0558 e.